The smallest absolute Gasteiger partial charge is 0.244 e. The summed E-state index contributed by atoms with van der Waals surface area (Å²) in [4.78, 5) is -0.368. The van der Waals surface area contributed by atoms with E-state index in [1.807, 2.05) is 0 Å². The number of sulfonamides is 1. The largest absolute Gasteiger partial charge is 0.504 e. The molecule has 1 aromatic carbocycles. The van der Waals surface area contributed by atoms with Crippen LogP contribution in [0.2, 0.25) is 0 Å². The Morgan fingerprint density at radius 3 is 2.36 bits per heavy atom. The molecule has 0 bridgehead atoms. The maximum Gasteiger partial charge on any atom is 0.244 e. The number of ether oxygens (including phenoxy) is 2. The number of hydrogen-bond donors (Lipinski definition) is 4. The average Bonchev–Trinajstić information content (AvgIpc) is 2.47. The highest BCUT2D eigenvalue weighted by Crippen LogP contribution is 2.33. The van der Waals surface area contributed by atoms with Crippen LogP contribution in [-0.2, 0) is 26.0 Å². The molecule has 0 amide bonds. The number of hydrogen-bond acceptors (Lipinski definition) is 7. The van der Waals surface area contributed by atoms with Crippen molar-refractivity contribution in [2.24, 2.45) is 0 Å². The number of nitrogens with one attached hydrogen (secondary N) is 2. The van der Waals surface area contributed by atoms with Crippen molar-refractivity contribution in [1.82, 2.24) is 10.0 Å². The Labute approximate surface area is 130 Å². The van der Waals surface area contributed by atoms with E-state index in [1.54, 1.807) is 7.11 Å². The first-order chi connectivity index (χ1) is 10.4. The standard InChI is InChI=1S/C13H22N2O6S/c1-20-5-3-14-9-10-7-11(16)13(17)12(8-10)22(18,19)15-4-6-21-2/h7-8,14-17H,3-6,9H2,1-2H3. The first-order valence-corrected chi connectivity index (χ1v) is 8.13. The highest BCUT2D eigenvalue weighted by molar-refractivity contribution is 7.89. The van der Waals surface area contributed by atoms with Crippen molar-refractivity contribution in [2.45, 2.75) is 11.4 Å². The van der Waals surface area contributed by atoms with E-state index in [0.29, 0.717) is 25.3 Å². The second-order valence-electron chi connectivity index (χ2n) is 4.52. The van der Waals surface area contributed by atoms with Crippen molar-refractivity contribution in [2.75, 3.05) is 40.5 Å². The summed E-state index contributed by atoms with van der Waals surface area (Å²) >= 11 is 0. The molecule has 0 spiro atoms. The SMILES string of the molecule is COCCNCc1cc(O)c(O)c(S(=O)(=O)NCCOC)c1. The molecule has 0 saturated heterocycles. The average molecular weight is 334 g/mol. The Morgan fingerprint density at radius 1 is 1.09 bits per heavy atom. The molecule has 1 rings (SSSR count). The van der Waals surface area contributed by atoms with Gasteiger partial charge in [-0.15, -0.1) is 0 Å². The number of aromatic hydroxyl groups is 2. The van der Waals surface area contributed by atoms with Crippen LogP contribution in [0.25, 0.3) is 0 Å². The van der Waals surface area contributed by atoms with Crippen molar-refractivity contribution in [3.63, 3.8) is 0 Å². The van der Waals surface area contributed by atoms with Crippen LogP contribution in [0.3, 0.4) is 0 Å². The van der Waals surface area contributed by atoms with E-state index in [0.717, 1.165) is 0 Å². The summed E-state index contributed by atoms with van der Waals surface area (Å²) in [5, 5.41) is 22.5. The van der Waals surface area contributed by atoms with Crippen molar-refractivity contribution < 1.29 is 28.1 Å². The zero-order valence-corrected chi connectivity index (χ0v) is 13.4. The molecule has 0 heterocycles. The van der Waals surface area contributed by atoms with Gasteiger partial charge in [0, 0.05) is 33.9 Å². The van der Waals surface area contributed by atoms with E-state index in [9.17, 15) is 18.6 Å². The number of benzene rings is 1. The first kappa shape index (κ1) is 18.7. The summed E-state index contributed by atoms with van der Waals surface area (Å²) in [5.74, 6) is -1.16. The van der Waals surface area contributed by atoms with Crippen LogP contribution < -0.4 is 10.0 Å². The van der Waals surface area contributed by atoms with E-state index in [-0.39, 0.29) is 18.0 Å². The van der Waals surface area contributed by atoms with Gasteiger partial charge < -0.3 is 25.0 Å². The topological polar surface area (TPSA) is 117 Å². The summed E-state index contributed by atoms with van der Waals surface area (Å²) in [6, 6.07) is 2.62. The van der Waals surface area contributed by atoms with Gasteiger partial charge in [-0.1, -0.05) is 0 Å². The van der Waals surface area contributed by atoms with Gasteiger partial charge in [0.2, 0.25) is 10.0 Å². The van der Waals surface area contributed by atoms with E-state index in [1.165, 1.54) is 19.2 Å². The van der Waals surface area contributed by atoms with E-state index in [4.69, 9.17) is 9.47 Å². The summed E-state index contributed by atoms with van der Waals surface area (Å²) < 4.78 is 36.2. The summed E-state index contributed by atoms with van der Waals surface area (Å²) in [5.41, 5.74) is 0.526. The summed E-state index contributed by atoms with van der Waals surface area (Å²) in [6.07, 6.45) is 0. The Bertz CT molecular complexity index is 576. The fourth-order valence-corrected chi connectivity index (χ4v) is 2.89. The van der Waals surface area contributed by atoms with Gasteiger partial charge in [0.05, 0.1) is 13.2 Å². The number of phenolic OH excluding ortho intramolecular Hbond substituents is 2. The molecule has 126 valence electrons. The molecule has 4 N–H and O–H groups in total. The third-order valence-corrected chi connectivity index (χ3v) is 4.29. The van der Waals surface area contributed by atoms with Crippen LogP contribution in [-0.4, -0.2) is 59.2 Å². The molecule has 0 atom stereocenters. The molecule has 0 aliphatic heterocycles. The van der Waals surface area contributed by atoms with Gasteiger partial charge in [0.25, 0.3) is 0 Å². The van der Waals surface area contributed by atoms with Gasteiger partial charge in [-0.25, -0.2) is 13.1 Å². The molecule has 9 heteroatoms. The van der Waals surface area contributed by atoms with Gasteiger partial charge in [-0.2, -0.15) is 0 Å². The molecule has 8 nitrogen and oxygen atoms in total. The minimum Gasteiger partial charge on any atom is -0.504 e. The number of methoxy groups -OCH3 is 2. The van der Waals surface area contributed by atoms with Gasteiger partial charge in [-0.05, 0) is 17.7 Å². The maximum atomic E-state index is 12.1. The van der Waals surface area contributed by atoms with Crippen LogP contribution >= 0.6 is 0 Å². The second-order valence-corrected chi connectivity index (χ2v) is 6.26. The van der Waals surface area contributed by atoms with E-state index in [2.05, 4.69) is 10.0 Å². The van der Waals surface area contributed by atoms with E-state index < -0.39 is 21.5 Å². The Balaban J connectivity index is 2.91. The predicted molar refractivity (Wildman–Crippen MR) is 80.4 cm³/mol. The lowest BCUT2D eigenvalue weighted by atomic mass is 10.2. The first-order valence-electron chi connectivity index (χ1n) is 6.65. The summed E-state index contributed by atoms with van der Waals surface area (Å²) in [7, 11) is -0.914. The van der Waals surface area contributed by atoms with Crippen LogP contribution in [0.15, 0.2) is 17.0 Å². The van der Waals surface area contributed by atoms with Crippen molar-refractivity contribution in [1.29, 1.82) is 0 Å². The van der Waals surface area contributed by atoms with Crippen LogP contribution in [0.1, 0.15) is 5.56 Å². The lowest BCUT2D eigenvalue weighted by Crippen LogP contribution is -2.27. The Hall–Kier alpha value is -1.39. The van der Waals surface area contributed by atoms with Crippen LogP contribution in [0.4, 0.5) is 0 Å². The van der Waals surface area contributed by atoms with Crippen LogP contribution in [0.5, 0.6) is 11.5 Å². The molecule has 0 radical (unpaired) electrons. The van der Waals surface area contributed by atoms with Crippen molar-refractivity contribution >= 4 is 10.0 Å². The van der Waals surface area contributed by atoms with Gasteiger partial charge >= 0.3 is 0 Å². The Morgan fingerprint density at radius 2 is 1.73 bits per heavy atom. The van der Waals surface area contributed by atoms with Gasteiger partial charge in [-0.3, -0.25) is 0 Å². The van der Waals surface area contributed by atoms with Gasteiger partial charge in [0.15, 0.2) is 11.5 Å². The Kier molecular flexibility index (Phi) is 7.56. The lowest BCUT2D eigenvalue weighted by Gasteiger charge is -2.12. The minimum atomic E-state index is -3.94. The highest BCUT2D eigenvalue weighted by Gasteiger charge is 2.21. The zero-order valence-electron chi connectivity index (χ0n) is 12.6. The molecule has 22 heavy (non-hydrogen) atoms. The number of phenols is 2. The highest BCUT2D eigenvalue weighted by atomic mass is 32.2. The van der Waals surface area contributed by atoms with Crippen molar-refractivity contribution in [3.8, 4) is 11.5 Å². The molecule has 0 aliphatic rings. The van der Waals surface area contributed by atoms with Crippen molar-refractivity contribution in [3.05, 3.63) is 17.7 Å². The summed E-state index contributed by atoms with van der Waals surface area (Å²) in [6.45, 7) is 1.68. The molecule has 0 fully saturated rings. The third kappa shape index (κ3) is 5.43. The second kappa shape index (κ2) is 8.91. The van der Waals surface area contributed by atoms with E-state index >= 15 is 0 Å². The molecule has 0 aliphatic carbocycles. The maximum absolute atomic E-state index is 12.1. The lowest BCUT2D eigenvalue weighted by molar-refractivity contribution is 0.199. The van der Waals surface area contributed by atoms with Crippen LogP contribution in [0, 0.1) is 0 Å². The minimum absolute atomic E-state index is 0.0648. The fourth-order valence-electron chi connectivity index (χ4n) is 1.72. The number of rotatable bonds is 10. The third-order valence-electron chi connectivity index (χ3n) is 2.81. The van der Waals surface area contributed by atoms with Gasteiger partial charge in [0.1, 0.15) is 4.90 Å². The normalized spacial score (nSPS) is 11.7. The molecule has 1 aromatic rings. The molecular formula is C13H22N2O6S. The molecule has 0 saturated carbocycles. The fraction of sp³-hybridized carbons (Fsp3) is 0.538. The quantitative estimate of drug-likeness (QED) is 0.344. The molecular weight excluding hydrogens is 312 g/mol. The predicted octanol–water partition coefficient (Wildman–Crippen LogP) is -0.242. The molecule has 0 aromatic heterocycles. The monoisotopic (exact) mass is 334 g/mol. The zero-order chi connectivity index (χ0) is 16.6. The molecule has 0 unspecified atom stereocenters.